The summed E-state index contributed by atoms with van der Waals surface area (Å²) in [6.07, 6.45) is 1.55. The number of hydrogen-bond acceptors (Lipinski definition) is 4. The van der Waals surface area contributed by atoms with E-state index in [0.717, 1.165) is 0 Å². The molecule has 0 saturated carbocycles. The predicted molar refractivity (Wildman–Crippen MR) is 58.2 cm³/mol. The number of halogens is 1. The van der Waals surface area contributed by atoms with Crippen LogP contribution in [0.2, 0.25) is 5.02 Å². The van der Waals surface area contributed by atoms with E-state index in [1.165, 1.54) is 0 Å². The minimum Gasteiger partial charge on any atom is -0.485 e. The molecule has 0 spiro atoms. The molecule has 0 amide bonds. The monoisotopic (exact) mass is 239 g/mol. The van der Waals surface area contributed by atoms with Crippen LogP contribution < -0.4 is 4.74 Å². The second-order valence-electron chi connectivity index (χ2n) is 3.14. The molecule has 0 aliphatic rings. The first-order valence-electron chi connectivity index (χ1n) is 4.72. The van der Waals surface area contributed by atoms with Gasteiger partial charge in [0.2, 0.25) is 0 Å². The van der Waals surface area contributed by atoms with Gasteiger partial charge in [-0.15, -0.1) is 0 Å². The van der Waals surface area contributed by atoms with Gasteiger partial charge in [0.15, 0.2) is 5.76 Å². The van der Waals surface area contributed by atoms with E-state index in [0.29, 0.717) is 22.1 Å². The van der Waals surface area contributed by atoms with E-state index >= 15 is 0 Å². The average Bonchev–Trinajstić information content (AvgIpc) is 2.79. The van der Waals surface area contributed by atoms with Gasteiger partial charge in [-0.1, -0.05) is 22.8 Å². The molecule has 1 N–H and O–H groups in total. The van der Waals surface area contributed by atoms with Gasteiger partial charge in [-0.05, 0) is 12.1 Å². The third-order valence-corrected chi connectivity index (χ3v) is 2.45. The molecule has 0 atom stereocenters. The Labute approximate surface area is 97.4 Å². The Morgan fingerprint density at radius 2 is 2.25 bits per heavy atom. The van der Waals surface area contributed by atoms with Crippen molar-refractivity contribution in [1.29, 1.82) is 0 Å². The second-order valence-corrected chi connectivity index (χ2v) is 3.55. The van der Waals surface area contributed by atoms with Gasteiger partial charge in [0.25, 0.3) is 0 Å². The highest BCUT2D eigenvalue weighted by molar-refractivity contribution is 6.31. The molecule has 0 fully saturated rings. The number of aliphatic hydroxyl groups excluding tert-OH is 1. The number of aromatic nitrogens is 1. The van der Waals surface area contributed by atoms with Crippen LogP contribution in [0.4, 0.5) is 0 Å². The lowest BCUT2D eigenvalue weighted by molar-refractivity contribution is 0.233. The van der Waals surface area contributed by atoms with Gasteiger partial charge in [-0.25, -0.2) is 0 Å². The fourth-order valence-corrected chi connectivity index (χ4v) is 1.52. The smallest absolute Gasteiger partial charge is 0.174 e. The summed E-state index contributed by atoms with van der Waals surface area (Å²) in [5, 5.41) is 13.2. The van der Waals surface area contributed by atoms with Gasteiger partial charge in [-0.3, -0.25) is 0 Å². The molecule has 2 aromatic rings. The van der Waals surface area contributed by atoms with Crippen LogP contribution in [0.1, 0.15) is 11.3 Å². The van der Waals surface area contributed by atoms with E-state index in [1.54, 1.807) is 30.5 Å². The standard InChI is InChI=1S/C11H10ClNO3/c12-10-2-1-3-11(9(10)6-14)15-7-8-4-5-13-16-8/h1-5,14H,6-7H2. The molecule has 4 nitrogen and oxygen atoms in total. The van der Waals surface area contributed by atoms with E-state index in [1.807, 2.05) is 0 Å². The van der Waals surface area contributed by atoms with Gasteiger partial charge >= 0.3 is 0 Å². The Kier molecular flexibility index (Phi) is 3.44. The quantitative estimate of drug-likeness (QED) is 0.890. The zero-order valence-electron chi connectivity index (χ0n) is 8.39. The normalized spacial score (nSPS) is 10.4. The molecule has 0 bridgehead atoms. The lowest BCUT2D eigenvalue weighted by Gasteiger charge is -2.09. The Hall–Kier alpha value is -1.52. The maximum absolute atomic E-state index is 9.16. The molecule has 0 aliphatic heterocycles. The van der Waals surface area contributed by atoms with Crippen molar-refractivity contribution in [1.82, 2.24) is 5.16 Å². The van der Waals surface area contributed by atoms with Gasteiger partial charge in [0.05, 0.1) is 12.8 Å². The van der Waals surface area contributed by atoms with Crippen LogP contribution >= 0.6 is 11.6 Å². The van der Waals surface area contributed by atoms with E-state index < -0.39 is 0 Å². The van der Waals surface area contributed by atoms with Crippen molar-refractivity contribution in [2.24, 2.45) is 0 Å². The second kappa shape index (κ2) is 5.01. The summed E-state index contributed by atoms with van der Waals surface area (Å²) in [4.78, 5) is 0. The first-order valence-corrected chi connectivity index (χ1v) is 5.09. The summed E-state index contributed by atoms with van der Waals surface area (Å²) in [6.45, 7) is 0.0960. The molecular weight excluding hydrogens is 230 g/mol. The number of ether oxygens (including phenoxy) is 1. The summed E-state index contributed by atoms with van der Waals surface area (Å²) in [5.41, 5.74) is 0.573. The summed E-state index contributed by atoms with van der Waals surface area (Å²) >= 11 is 5.91. The fourth-order valence-electron chi connectivity index (χ4n) is 1.29. The van der Waals surface area contributed by atoms with Gasteiger partial charge < -0.3 is 14.4 Å². The third kappa shape index (κ3) is 2.35. The summed E-state index contributed by atoms with van der Waals surface area (Å²) < 4.78 is 10.4. The van der Waals surface area contributed by atoms with Crippen LogP contribution in [0.25, 0.3) is 0 Å². The lowest BCUT2D eigenvalue weighted by atomic mass is 10.2. The third-order valence-electron chi connectivity index (χ3n) is 2.10. The highest BCUT2D eigenvalue weighted by atomic mass is 35.5. The van der Waals surface area contributed by atoms with Gasteiger partial charge in [-0.2, -0.15) is 0 Å². The number of rotatable bonds is 4. The highest BCUT2D eigenvalue weighted by Crippen LogP contribution is 2.26. The Bertz CT molecular complexity index is 456. The van der Waals surface area contributed by atoms with E-state index in [4.69, 9.17) is 26.0 Å². The van der Waals surface area contributed by atoms with Crippen molar-refractivity contribution in [3.05, 3.63) is 46.8 Å². The maximum Gasteiger partial charge on any atom is 0.174 e. The Morgan fingerprint density at radius 3 is 2.94 bits per heavy atom. The minimum absolute atomic E-state index is 0.161. The topological polar surface area (TPSA) is 55.5 Å². The molecule has 2 rings (SSSR count). The molecule has 0 radical (unpaired) electrons. The fraction of sp³-hybridized carbons (Fsp3) is 0.182. The van der Waals surface area contributed by atoms with E-state index in [2.05, 4.69) is 5.16 Å². The summed E-state index contributed by atoms with van der Waals surface area (Å²) in [7, 11) is 0. The molecule has 0 unspecified atom stereocenters. The van der Waals surface area contributed by atoms with Crippen LogP contribution in [-0.4, -0.2) is 10.3 Å². The van der Waals surface area contributed by atoms with Crippen molar-refractivity contribution in [3.63, 3.8) is 0 Å². The van der Waals surface area contributed by atoms with E-state index in [-0.39, 0.29) is 13.2 Å². The average molecular weight is 240 g/mol. The molecule has 1 aromatic heterocycles. The first-order chi connectivity index (χ1) is 7.81. The SMILES string of the molecule is OCc1c(Cl)cccc1OCc1ccno1. The molecule has 84 valence electrons. The number of nitrogens with zero attached hydrogens (tertiary/aromatic N) is 1. The number of hydrogen-bond donors (Lipinski definition) is 1. The van der Waals surface area contributed by atoms with E-state index in [9.17, 15) is 0 Å². The van der Waals surface area contributed by atoms with Crippen LogP contribution in [0.3, 0.4) is 0 Å². The van der Waals surface area contributed by atoms with Crippen LogP contribution in [-0.2, 0) is 13.2 Å². The molecular formula is C11H10ClNO3. The van der Waals surface area contributed by atoms with Crippen molar-refractivity contribution in [2.75, 3.05) is 0 Å². The maximum atomic E-state index is 9.16. The first kappa shape index (κ1) is 11.0. The largest absolute Gasteiger partial charge is 0.485 e. The molecule has 5 heteroatoms. The Balaban J connectivity index is 2.12. The number of aliphatic hydroxyl groups is 1. The zero-order valence-corrected chi connectivity index (χ0v) is 9.15. The highest BCUT2D eigenvalue weighted by Gasteiger charge is 2.07. The molecule has 1 aromatic carbocycles. The predicted octanol–water partition coefficient (Wildman–Crippen LogP) is 2.40. The van der Waals surface area contributed by atoms with Crippen LogP contribution in [0.5, 0.6) is 5.75 Å². The minimum atomic E-state index is -0.161. The van der Waals surface area contributed by atoms with Crippen molar-refractivity contribution >= 4 is 11.6 Å². The van der Waals surface area contributed by atoms with Crippen molar-refractivity contribution in [3.8, 4) is 5.75 Å². The molecule has 0 aliphatic carbocycles. The van der Waals surface area contributed by atoms with Gasteiger partial charge in [0, 0.05) is 16.7 Å². The van der Waals surface area contributed by atoms with Crippen molar-refractivity contribution in [2.45, 2.75) is 13.2 Å². The summed E-state index contributed by atoms with van der Waals surface area (Å²) in [5.74, 6) is 1.16. The van der Waals surface area contributed by atoms with Crippen LogP contribution in [0.15, 0.2) is 35.0 Å². The molecule has 0 saturated heterocycles. The Morgan fingerprint density at radius 1 is 1.38 bits per heavy atom. The lowest BCUT2D eigenvalue weighted by Crippen LogP contribution is -1.98. The summed E-state index contributed by atoms with van der Waals surface area (Å²) in [6, 6.07) is 6.92. The zero-order chi connectivity index (χ0) is 11.4. The molecule has 1 heterocycles. The molecule has 16 heavy (non-hydrogen) atoms. The number of benzene rings is 1. The van der Waals surface area contributed by atoms with Crippen LogP contribution in [0, 0.1) is 0 Å². The van der Waals surface area contributed by atoms with Crippen molar-refractivity contribution < 1.29 is 14.4 Å². The van der Waals surface area contributed by atoms with Gasteiger partial charge in [0.1, 0.15) is 12.4 Å².